The van der Waals surface area contributed by atoms with Crippen molar-refractivity contribution < 1.29 is 0 Å². The highest BCUT2D eigenvalue weighted by Crippen LogP contribution is 2.27. The Bertz CT molecular complexity index is 416. The summed E-state index contributed by atoms with van der Waals surface area (Å²) >= 11 is 5.61. The molecule has 0 N–H and O–H groups in total. The van der Waals surface area contributed by atoms with E-state index in [2.05, 4.69) is 48.1 Å². The molecule has 0 aromatic carbocycles. The highest BCUT2D eigenvalue weighted by atomic mass is 127. The summed E-state index contributed by atoms with van der Waals surface area (Å²) in [7, 11) is 0. The van der Waals surface area contributed by atoms with Gasteiger partial charge < -0.3 is 0 Å². The fraction of sp³-hybridized carbons (Fsp3) is 0. The van der Waals surface area contributed by atoms with Gasteiger partial charge >= 0.3 is 0 Å². The number of halogens is 2. The topological polar surface area (TPSA) is 30.7 Å². The molecule has 2 aromatic heterocycles. The zero-order chi connectivity index (χ0) is 8.55. The Morgan fingerprint density at radius 1 is 1.50 bits per heavy atom. The third kappa shape index (κ3) is 1.49. The minimum absolute atomic E-state index is 0.625. The zero-order valence-corrected chi connectivity index (χ0v) is 10.6. The van der Waals surface area contributed by atoms with Crippen LogP contribution in [0.5, 0.6) is 0 Å². The van der Waals surface area contributed by atoms with E-state index in [0.717, 1.165) is 15.6 Å². The highest BCUT2D eigenvalue weighted by molar-refractivity contribution is 14.2. The van der Waals surface area contributed by atoms with Crippen LogP contribution in [0, 0.1) is 0 Å². The largest absolute Gasteiger partial charge is 0.238 e. The van der Waals surface area contributed by atoms with Gasteiger partial charge in [-0.1, -0.05) is 0 Å². The van der Waals surface area contributed by atoms with Crippen LogP contribution in [0.2, 0.25) is 0 Å². The Kier molecular flexibility index (Phi) is 2.62. The second-order valence-corrected chi connectivity index (χ2v) is 5.03. The van der Waals surface area contributed by atoms with Crippen LogP contribution in [0.1, 0.15) is 0 Å². The lowest BCUT2D eigenvalue weighted by Gasteiger charge is -1.95. The standard InChI is InChI=1S/C6H4BrIN3P/c7-6-2-1-5-4(10-6)3-9-11(5)12-8/h1-3,12H. The maximum Gasteiger partial charge on any atom is 0.110 e. The van der Waals surface area contributed by atoms with Gasteiger partial charge in [-0.2, -0.15) is 5.10 Å². The molecular weight excluding hydrogens is 352 g/mol. The van der Waals surface area contributed by atoms with Gasteiger partial charge in [0.1, 0.15) is 10.1 Å². The van der Waals surface area contributed by atoms with Gasteiger partial charge in [0.15, 0.2) is 0 Å². The quantitative estimate of drug-likeness (QED) is 0.447. The number of fused-ring (bicyclic) bond motifs is 1. The first-order valence-corrected chi connectivity index (χ1v) is 8.03. The van der Waals surface area contributed by atoms with E-state index in [-0.39, 0.29) is 0 Å². The molecule has 2 heterocycles. The molecule has 0 spiro atoms. The summed E-state index contributed by atoms with van der Waals surface area (Å²) in [6.45, 7) is 0. The minimum Gasteiger partial charge on any atom is -0.238 e. The SMILES string of the molecule is Brc1ccc2c(cnn2PI)n1. The molecule has 0 aliphatic heterocycles. The predicted octanol–water partition coefficient (Wildman–Crippen LogP) is 2.99. The molecule has 62 valence electrons. The lowest BCUT2D eigenvalue weighted by Crippen LogP contribution is -1.82. The zero-order valence-electron chi connectivity index (χ0n) is 5.83. The molecule has 0 aliphatic rings. The molecule has 0 radical (unpaired) electrons. The fourth-order valence-electron chi connectivity index (χ4n) is 0.959. The summed E-state index contributed by atoms with van der Waals surface area (Å²) in [5, 5.41) is 4.19. The van der Waals surface area contributed by atoms with Gasteiger partial charge in [-0.15, -0.1) is 0 Å². The average molecular weight is 356 g/mol. The second kappa shape index (κ2) is 3.55. The molecule has 2 aromatic rings. The Hall–Kier alpha value is 0.260. The lowest BCUT2D eigenvalue weighted by atomic mass is 10.4. The van der Waals surface area contributed by atoms with Gasteiger partial charge in [0.05, 0.1) is 18.1 Å². The second-order valence-electron chi connectivity index (χ2n) is 2.18. The molecule has 0 saturated heterocycles. The van der Waals surface area contributed by atoms with Gasteiger partial charge in [-0.05, 0) is 50.1 Å². The number of hydrogen-bond donors (Lipinski definition) is 0. The molecule has 6 heteroatoms. The Morgan fingerprint density at radius 3 is 3.08 bits per heavy atom. The van der Waals surface area contributed by atoms with Crippen LogP contribution in [-0.2, 0) is 0 Å². The van der Waals surface area contributed by atoms with Crippen molar-refractivity contribution >= 4 is 55.4 Å². The molecule has 0 fully saturated rings. The maximum absolute atomic E-state index is 4.28. The molecule has 0 aliphatic carbocycles. The molecule has 0 bridgehead atoms. The first-order valence-electron chi connectivity index (χ1n) is 3.18. The number of aromatic nitrogens is 3. The highest BCUT2D eigenvalue weighted by Gasteiger charge is 2.01. The third-order valence-electron chi connectivity index (χ3n) is 1.47. The number of nitrogens with zero attached hydrogens (tertiary/aromatic N) is 3. The lowest BCUT2D eigenvalue weighted by molar-refractivity contribution is 1.04. The summed E-state index contributed by atoms with van der Waals surface area (Å²) in [4.78, 5) is 4.28. The molecule has 0 saturated carbocycles. The van der Waals surface area contributed by atoms with E-state index in [1.54, 1.807) is 6.20 Å². The molecule has 12 heavy (non-hydrogen) atoms. The molecule has 2 rings (SSSR count). The van der Waals surface area contributed by atoms with Crippen LogP contribution in [0.25, 0.3) is 11.0 Å². The molecular formula is C6H4BrIN3P. The first kappa shape index (κ1) is 8.84. The maximum atomic E-state index is 4.28. The van der Waals surface area contributed by atoms with Gasteiger partial charge in [-0.3, -0.25) is 0 Å². The molecule has 0 amide bonds. The minimum atomic E-state index is 0.625. The third-order valence-corrected chi connectivity index (χ3v) is 3.80. The Labute approximate surface area is 92.4 Å². The van der Waals surface area contributed by atoms with Crippen molar-refractivity contribution in [3.8, 4) is 0 Å². The molecule has 1 unspecified atom stereocenters. The average Bonchev–Trinajstić information content (AvgIpc) is 2.46. The van der Waals surface area contributed by atoms with Crippen LogP contribution in [0.4, 0.5) is 0 Å². The fourth-order valence-corrected chi connectivity index (χ4v) is 2.82. The van der Waals surface area contributed by atoms with Crippen LogP contribution >= 0.6 is 44.3 Å². The van der Waals surface area contributed by atoms with E-state index in [4.69, 9.17) is 0 Å². The molecule has 1 atom stereocenters. The van der Waals surface area contributed by atoms with Crippen molar-refractivity contribution in [2.45, 2.75) is 0 Å². The first-order chi connectivity index (χ1) is 5.81. The van der Waals surface area contributed by atoms with Crippen molar-refractivity contribution in [3.63, 3.8) is 0 Å². The van der Waals surface area contributed by atoms with Crippen LogP contribution in [0.3, 0.4) is 0 Å². The van der Waals surface area contributed by atoms with Crippen molar-refractivity contribution in [1.82, 2.24) is 14.5 Å². The van der Waals surface area contributed by atoms with Gasteiger partial charge in [0.25, 0.3) is 0 Å². The van der Waals surface area contributed by atoms with Crippen LogP contribution in [-0.4, -0.2) is 14.5 Å². The van der Waals surface area contributed by atoms with Crippen molar-refractivity contribution in [2.24, 2.45) is 0 Å². The monoisotopic (exact) mass is 355 g/mol. The number of rotatable bonds is 1. The molecule has 3 nitrogen and oxygen atoms in total. The van der Waals surface area contributed by atoms with Gasteiger partial charge in [0.2, 0.25) is 0 Å². The van der Waals surface area contributed by atoms with Crippen LogP contribution < -0.4 is 0 Å². The van der Waals surface area contributed by atoms with E-state index in [1.807, 2.05) is 16.6 Å². The summed E-state index contributed by atoms with van der Waals surface area (Å²) < 4.78 is 2.79. The Morgan fingerprint density at radius 2 is 2.33 bits per heavy atom. The number of hydrogen-bond acceptors (Lipinski definition) is 2. The van der Waals surface area contributed by atoms with E-state index >= 15 is 0 Å². The van der Waals surface area contributed by atoms with Crippen molar-refractivity contribution in [2.75, 3.05) is 0 Å². The summed E-state index contributed by atoms with van der Waals surface area (Å²) in [6.07, 6.45) is 2.41. The smallest absolute Gasteiger partial charge is 0.110 e. The number of pyridine rings is 1. The van der Waals surface area contributed by atoms with Crippen molar-refractivity contribution in [3.05, 3.63) is 22.9 Å². The van der Waals surface area contributed by atoms with E-state index in [0.29, 0.717) is 6.37 Å². The van der Waals surface area contributed by atoms with E-state index in [1.165, 1.54) is 0 Å². The summed E-state index contributed by atoms with van der Waals surface area (Å²) in [5.41, 5.74) is 2.03. The van der Waals surface area contributed by atoms with E-state index in [9.17, 15) is 0 Å². The van der Waals surface area contributed by atoms with Gasteiger partial charge in [-0.25, -0.2) is 9.44 Å². The Balaban J connectivity index is 2.73. The van der Waals surface area contributed by atoms with Gasteiger partial charge in [0, 0.05) is 0 Å². The van der Waals surface area contributed by atoms with Crippen molar-refractivity contribution in [1.29, 1.82) is 0 Å². The normalized spacial score (nSPS) is 11.8. The predicted molar refractivity (Wildman–Crippen MR) is 63.0 cm³/mol. The summed E-state index contributed by atoms with van der Waals surface area (Å²) in [6, 6.07) is 3.95. The van der Waals surface area contributed by atoms with Crippen LogP contribution in [0.15, 0.2) is 22.9 Å². The van der Waals surface area contributed by atoms with E-state index < -0.39 is 0 Å². The summed E-state index contributed by atoms with van der Waals surface area (Å²) in [5.74, 6) is 0.